The summed E-state index contributed by atoms with van der Waals surface area (Å²) in [6.45, 7) is 3.61. The van der Waals surface area contributed by atoms with E-state index in [-0.39, 0.29) is 48.3 Å². The van der Waals surface area contributed by atoms with Crippen molar-refractivity contribution in [3.8, 4) is 0 Å². The van der Waals surface area contributed by atoms with Gasteiger partial charge in [-0.3, -0.25) is 23.5 Å². The van der Waals surface area contributed by atoms with Crippen LogP contribution in [0.15, 0.2) is 70.7 Å². The lowest BCUT2D eigenvalue weighted by molar-refractivity contribution is -0.122. The Hall–Kier alpha value is -5.09. The van der Waals surface area contributed by atoms with Gasteiger partial charge in [-0.05, 0) is 42.2 Å². The predicted molar refractivity (Wildman–Crippen MR) is 187 cm³/mol. The number of hydrogen-bond acceptors (Lipinski definition) is 10. The minimum absolute atomic E-state index is 0.00230. The van der Waals surface area contributed by atoms with Crippen LogP contribution in [0.2, 0.25) is 0 Å². The van der Waals surface area contributed by atoms with E-state index in [2.05, 4.69) is 25.9 Å². The fourth-order valence-electron chi connectivity index (χ4n) is 5.33. The Bertz CT molecular complexity index is 1940. The largest absolute Gasteiger partial charge is 0.446 e. The minimum atomic E-state index is -3.52. The molecule has 2 aromatic carbocycles. The third kappa shape index (κ3) is 9.12. The maximum Gasteiger partial charge on any atom is 0.273 e. The van der Waals surface area contributed by atoms with E-state index in [1.54, 1.807) is 5.38 Å². The van der Waals surface area contributed by atoms with E-state index in [0.717, 1.165) is 16.1 Å². The minimum Gasteiger partial charge on any atom is -0.446 e. The van der Waals surface area contributed by atoms with Crippen LogP contribution in [0.1, 0.15) is 80.1 Å². The van der Waals surface area contributed by atoms with Gasteiger partial charge in [0.05, 0.1) is 24.5 Å². The maximum atomic E-state index is 13.8. The van der Waals surface area contributed by atoms with Crippen LogP contribution in [-0.2, 0) is 21.2 Å². The number of benzene rings is 2. The first-order valence-electron chi connectivity index (χ1n) is 15.9. The van der Waals surface area contributed by atoms with Crippen LogP contribution in [0.4, 0.5) is 5.69 Å². The van der Waals surface area contributed by atoms with E-state index in [1.807, 2.05) is 44.2 Å². The van der Waals surface area contributed by atoms with Gasteiger partial charge in [0.1, 0.15) is 23.0 Å². The van der Waals surface area contributed by atoms with Gasteiger partial charge in [0.25, 0.3) is 17.7 Å². The fourth-order valence-corrected chi connectivity index (χ4v) is 6.69. The molecule has 3 N–H and O–H groups in total. The van der Waals surface area contributed by atoms with Gasteiger partial charge < -0.3 is 25.3 Å². The molecule has 2 aromatic heterocycles. The van der Waals surface area contributed by atoms with Gasteiger partial charge in [0.15, 0.2) is 5.69 Å². The lowest BCUT2D eigenvalue weighted by Crippen LogP contribution is -2.45. The molecule has 0 radical (unpaired) electrons. The fraction of sp³-hybridized carbons (Fsp3) is 0.353. The third-order valence-electron chi connectivity index (χ3n) is 8.00. The van der Waals surface area contributed by atoms with E-state index in [9.17, 15) is 27.6 Å². The molecule has 264 valence electrons. The van der Waals surface area contributed by atoms with E-state index in [0.29, 0.717) is 17.1 Å². The van der Waals surface area contributed by atoms with Crippen molar-refractivity contribution in [2.45, 2.75) is 38.8 Å². The molecule has 16 heteroatoms. The lowest BCUT2D eigenvalue weighted by Gasteiger charge is -2.24. The highest BCUT2D eigenvalue weighted by Crippen LogP contribution is 2.26. The molecule has 0 unspecified atom stereocenters. The molecule has 0 saturated carbocycles. The molecule has 50 heavy (non-hydrogen) atoms. The number of anilines is 1. The molecule has 3 heterocycles. The Labute approximate surface area is 294 Å². The van der Waals surface area contributed by atoms with E-state index >= 15 is 0 Å². The summed E-state index contributed by atoms with van der Waals surface area (Å²) in [5, 5.41) is 10.8. The summed E-state index contributed by atoms with van der Waals surface area (Å²) in [5.74, 6) is -1.72. The van der Waals surface area contributed by atoms with Crippen molar-refractivity contribution in [1.82, 2.24) is 30.8 Å². The number of amides is 4. The molecule has 0 spiro atoms. The van der Waals surface area contributed by atoms with Crippen LogP contribution in [-0.4, -0.2) is 79.9 Å². The number of rotatable bonds is 7. The molecular weight excluding hydrogens is 683 g/mol. The smallest absolute Gasteiger partial charge is 0.273 e. The molecule has 1 aliphatic heterocycles. The average Bonchev–Trinajstić information content (AvgIpc) is 3.78. The van der Waals surface area contributed by atoms with Gasteiger partial charge in [-0.1, -0.05) is 44.2 Å². The zero-order valence-corrected chi connectivity index (χ0v) is 29.7. The van der Waals surface area contributed by atoms with Crippen LogP contribution in [0.3, 0.4) is 0 Å². The van der Waals surface area contributed by atoms with Gasteiger partial charge >= 0.3 is 0 Å². The molecule has 4 amide bonds. The first kappa shape index (κ1) is 36.2. The molecule has 0 saturated heterocycles. The van der Waals surface area contributed by atoms with Crippen molar-refractivity contribution in [3.63, 3.8) is 0 Å². The molecule has 0 fully saturated rings. The number of sulfonamides is 1. The molecule has 1 aliphatic rings. The molecule has 0 aliphatic carbocycles. The summed E-state index contributed by atoms with van der Waals surface area (Å²) in [7, 11) is -2.12. The van der Waals surface area contributed by atoms with Crippen molar-refractivity contribution >= 4 is 50.7 Å². The molecule has 14 nitrogen and oxygen atoms in total. The van der Waals surface area contributed by atoms with Gasteiger partial charge in [0.2, 0.25) is 21.8 Å². The zero-order valence-electron chi connectivity index (χ0n) is 28.1. The standard InChI is InChI=1S/C34H39N7O7S2/c1-21(2)16-26-33-39-28(20-49-33)30(43)35-14-15-41(34(45)23-10-12-24(13-11-23)40(3)50(4,46)47)18-29(42)36-25(17-22-8-6-5-7-9-22)32-38-27(19-48-32)31(44)37-26/h5-13,19-21,25-26H,14-18H2,1-4H3,(H,35,43)(H,36,42)(H,37,44)/t25-,26-/m0/s1. The van der Waals surface area contributed by atoms with Gasteiger partial charge in [0, 0.05) is 37.5 Å². The molecule has 5 rings (SSSR count). The number of nitrogens with one attached hydrogen (secondary N) is 3. The Morgan fingerprint density at radius 3 is 2.40 bits per heavy atom. The maximum absolute atomic E-state index is 13.8. The Morgan fingerprint density at radius 1 is 1.00 bits per heavy atom. The topological polar surface area (TPSA) is 184 Å². The molecule has 4 bridgehead atoms. The second-order valence-corrected chi connectivity index (χ2v) is 15.3. The summed E-state index contributed by atoms with van der Waals surface area (Å²) >= 11 is 1.25. The Balaban J connectivity index is 1.47. The third-order valence-corrected chi connectivity index (χ3v) is 10.2. The average molecular weight is 722 g/mol. The van der Waals surface area contributed by atoms with Crippen LogP contribution < -0.4 is 20.3 Å². The SMILES string of the molecule is CC(C)C[C@@H]1NC(=O)c2coc(n2)[C@H](Cc2ccccc2)NC(=O)CN(C(=O)c2ccc(N(C)S(C)(=O)=O)cc2)CCNC(=O)c2csc1n2. The zero-order chi connectivity index (χ0) is 36.0. The van der Waals surface area contributed by atoms with E-state index in [4.69, 9.17) is 4.42 Å². The van der Waals surface area contributed by atoms with Gasteiger partial charge in [-0.2, -0.15) is 0 Å². The van der Waals surface area contributed by atoms with Crippen molar-refractivity contribution in [3.05, 3.63) is 99.7 Å². The number of carbonyl (C=O) groups excluding carboxylic acids is 4. The molecule has 2 atom stereocenters. The summed E-state index contributed by atoms with van der Waals surface area (Å²) in [6.07, 6.45) is 3.14. The first-order valence-corrected chi connectivity index (χ1v) is 18.7. The van der Waals surface area contributed by atoms with Crippen LogP contribution >= 0.6 is 11.3 Å². The van der Waals surface area contributed by atoms with Crippen molar-refractivity contribution < 1.29 is 32.0 Å². The second-order valence-electron chi connectivity index (χ2n) is 12.4. The van der Waals surface area contributed by atoms with Crippen molar-refractivity contribution in [1.29, 1.82) is 0 Å². The van der Waals surface area contributed by atoms with Crippen LogP contribution in [0.5, 0.6) is 0 Å². The summed E-state index contributed by atoms with van der Waals surface area (Å²) in [6, 6.07) is 14.0. The normalized spacial score (nSPS) is 17.7. The monoisotopic (exact) mass is 721 g/mol. The van der Waals surface area contributed by atoms with Gasteiger partial charge in [-0.15, -0.1) is 11.3 Å². The van der Waals surface area contributed by atoms with E-state index in [1.165, 1.54) is 53.8 Å². The lowest BCUT2D eigenvalue weighted by atomic mass is 10.0. The number of oxazole rings is 1. The Kier molecular flexibility index (Phi) is 11.3. The molecular formula is C34H39N7O7S2. The highest BCUT2D eigenvalue weighted by Gasteiger charge is 2.28. The Morgan fingerprint density at radius 2 is 1.72 bits per heavy atom. The quantitative estimate of drug-likeness (QED) is 0.258. The predicted octanol–water partition coefficient (Wildman–Crippen LogP) is 3.33. The van der Waals surface area contributed by atoms with Crippen molar-refractivity contribution in [2.24, 2.45) is 5.92 Å². The second kappa shape index (κ2) is 15.6. The molecule has 4 aromatic rings. The highest BCUT2D eigenvalue weighted by molar-refractivity contribution is 7.92. The number of carbonyl (C=O) groups is 4. The number of nitrogens with zero attached hydrogens (tertiary/aromatic N) is 4. The number of thiazole rings is 1. The van der Waals surface area contributed by atoms with Crippen LogP contribution in [0.25, 0.3) is 0 Å². The summed E-state index contributed by atoms with van der Waals surface area (Å²) < 4.78 is 30.8. The van der Waals surface area contributed by atoms with E-state index < -0.39 is 52.3 Å². The van der Waals surface area contributed by atoms with Crippen LogP contribution in [0, 0.1) is 5.92 Å². The first-order chi connectivity index (χ1) is 23.8. The number of aromatic nitrogens is 2. The number of fused-ring (bicyclic) bond motifs is 4. The number of hydrogen-bond donors (Lipinski definition) is 3. The van der Waals surface area contributed by atoms with Crippen molar-refractivity contribution in [2.75, 3.05) is 37.2 Å². The summed E-state index contributed by atoms with van der Waals surface area (Å²) in [5.41, 5.74) is 1.60. The van der Waals surface area contributed by atoms with Gasteiger partial charge in [-0.25, -0.2) is 18.4 Å². The summed E-state index contributed by atoms with van der Waals surface area (Å²) in [4.78, 5) is 64.2. The highest BCUT2D eigenvalue weighted by atomic mass is 32.2.